The van der Waals surface area contributed by atoms with Gasteiger partial charge in [-0.1, -0.05) is 18.2 Å². The summed E-state index contributed by atoms with van der Waals surface area (Å²) in [5, 5.41) is 9.17. The minimum Gasteiger partial charge on any atom is -0.495 e. The number of benzene rings is 2. The molecule has 0 spiro atoms. The van der Waals surface area contributed by atoms with E-state index in [0.717, 1.165) is 6.07 Å². The third kappa shape index (κ3) is 2.42. The Balaban J connectivity index is 2.57. The highest BCUT2D eigenvalue weighted by Crippen LogP contribution is 2.34. The molecule has 0 heterocycles. The van der Waals surface area contributed by atoms with E-state index in [0.29, 0.717) is 11.4 Å². The van der Waals surface area contributed by atoms with Gasteiger partial charge in [-0.2, -0.15) is 0 Å². The third-order valence-corrected chi connectivity index (χ3v) is 3.01. The number of nitrogens with zero attached hydrogens (tertiary/aromatic N) is 1. The fraction of sp³-hybridized carbons (Fsp3) is 0.133. The third-order valence-electron chi connectivity index (χ3n) is 3.01. The quantitative estimate of drug-likeness (QED) is 0.930. The van der Waals surface area contributed by atoms with E-state index in [1.54, 1.807) is 42.3 Å². The van der Waals surface area contributed by atoms with Crippen molar-refractivity contribution in [2.24, 2.45) is 0 Å². The van der Waals surface area contributed by atoms with Crippen molar-refractivity contribution in [1.29, 1.82) is 0 Å². The number of aromatic carboxylic acids is 1. The van der Waals surface area contributed by atoms with Crippen molar-refractivity contribution in [2.75, 3.05) is 19.1 Å². The van der Waals surface area contributed by atoms with Crippen molar-refractivity contribution in [3.8, 4) is 5.75 Å². The maximum absolute atomic E-state index is 13.7. The highest BCUT2D eigenvalue weighted by molar-refractivity contribution is 5.96. The van der Waals surface area contributed by atoms with Gasteiger partial charge >= 0.3 is 5.97 Å². The molecular weight excluding hydrogens is 261 g/mol. The lowest BCUT2D eigenvalue weighted by molar-refractivity contribution is 0.0693. The van der Waals surface area contributed by atoms with Gasteiger partial charge in [0.25, 0.3) is 0 Å². The van der Waals surface area contributed by atoms with Crippen LogP contribution < -0.4 is 9.64 Å². The normalized spacial score (nSPS) is 10.2. The summed E-state index contributed by atoms with van der Waals surface area (Å²) in [7, 11) is 3.19. The van der Waals surface area contributed by atoms with E-state index in [9.17, 15) is 14.3 Å². The molecule has 0 amide bonds. The minimum atomic E-state index is -1.31. The summed E-state index contributed by atoms with van der Waals surface area (Å²) in [6.45, 7) is 0. The Hall–Kier alpha value is -2.56. The summed E-state index contributed by atoms with van der Waals surface area (Å²) >= 11 is 0. The maximum Gasteiger partial charge on any atom is 0.340 e. The first-order chi connectivity index (χ1) is 9.56. The first kappa shape index (κ1) is 13.9. The molecule has 2 aromatic carbocycles. The average molecular weight is 275 g/mol. The maximum atomic E-state index is 13.7. The smallest absolute Gasteiger partial charge is 0.340 e. The Kier molecular flexibility index (Phi) is 3.89. The number of rotatable bonds is 4. The fourth-order valence-electron chi connectivity index (χ4n) is 2.04. The van der Waals surface area contributed by atoms with Crippen molar-refractivity contribution in [3.63, 3.8) is 0 Å². The van der Waals surface area contributed by atoms with Crippen LogP contribution in [0.5, 0.6) is 5.75 Å². The second-order valence-corrected chi connectivity index (χ2v) is 4.17. The molecule has 4 nitrogen and oxygen atoms in total. The second-order valence-electron chi connectivity index (χ2n) is 4.17. The number of anilines is 2. The van der Waals surface area contributed by atoms with Gasteiger partial charge in [-0.05, 0) is 24.3 Å². The first-order valence-electron chi connectivity index (χ1n) is 5.94. The van der Waals surface area contributed by atoms with Gasteiger partial charge in [0.15, 0.2) is 0 Å². The average Bonchev–Trinajstić information content (AvgIpc) is 2.45. The molecule has 104 valence electrons. The predicted molar refractivity (Wildman–Crippen MR) is 74.4 cm³/mol. The van der Waals surface area contributed by atoms with Gasteiger partial charge in [0, 0.05) is 7.05 Å². The SMILES string of the molecule is COc1ccccc1N(C)c1cccc(F)c1C(=O)O. The monoisotopic (exact) mass is 275 g/mol. The largest absolute Gasteiger partial charge is 0.495 e. The van der Waals surface area contributed by atoms with E-state index < -0.39 is 11.8 Å². The van der Waals surface area contributed by atoms with E-state index >= 15 is 0 Å². The van der Waals surface area contributed by atoms with Crippen LogP contribution >= 0.6 is 0 Å². The van der Waals surface area contributed by atoms with Crippen molar-refractivity contribution in [2.45, 2.75) is 0 Å². The van der Waals surface area contributed by atoms with Crippen LogP contribution in [0.1, 0.15) is 10.4 Å². The number of carboxylic acids is 1. The number of ether oxygens (including phenoxy) is 1. The zero-order valence-electron chi connectivity index (χ0n) is 11.1. The highest BCUT2D eigenvalue weighted by Gasteiger charge is 2.20. The Labute approximate surface area is 116 Å². The summed E-state index contributed by atoms with van der Waals surface area (Å²) in [5.41, 5.74) is 0.561. The van der Waals surface area contributed by atoms with Crippen LogP contribution in [-0.4, -0.2) is 25.2 Å². The van der Waals surface area contributed by atoms with Crippen molar-refractivity contribution < 1.29 is 19.0 Å². The van der Waals surface area contributed by atoms with Gasteiger partial charge in [-0.15, -0.1) is 0 Å². The van der Waals surface area contributed by atoms with Crippen molar-refractivity contribution in [1.82, 2.24) is 0 Å². The first-order valence-corrected chi connectivity index (χ1v) is 5.94. The van der Waals surface area contributed by atoms with Gasteiger partial charge < -0.3 is 14.7 Å². The zero-order valence-corrected chi connectivity index (χ0v) is 11.1. The van der Waals surface area contributed by atoms with E-state index in [1.165, 1.54) is 13.2 Å². The molecule has 0 atom stereocenters. The molecule has 2 aromatic rings. The van der Waals surface area contributed by atoms with E-state index in [4.69, 9.17) is 4.74 Å². The number of methoxy groups -OCH3 is 1. The number of hydrogen-bond acceptors (Lipinski definition) is 3. The molecule has 0 aliphatic heterocycles. The van der Waals surface area contributed by atoms with Crippen LogP contribution in [0, 0.1) is 5.82 Å². The lowest BCUT2D eigenvalue weighted by atomic mass is 10.1. The molecular formula is C15H14FNO3. The van der Waals surface area contributed by atoms with Crippen LogP contribution in [0.15, 0.2) is 42.5 Å². The molecule has 0 aliphatic rings. The Morgan fingerprint density at radius 2 is 1.80 bits per heavy atom. The van der Waals surface area contributed by atoms with Crippen LogP contribution in [0.3, 0.4) is 0 Å². The topological polar surface area (TPSA) is 49.8 Å². The van der Waals surface area contributed by atoms with Gasteiger partial charge in [0.2, 0.25) is 0 Å². The fourth-order valence-corrected chi connectivity index (χ4v) is 2.04. The van der Waals surface area contributed by atoms with Crippen LogP contribution in [0.25, 0.3) is 0 Å². The van der Waals surface area contributed by atoms with Crippen molar-refractivity contribution >= 4 is 17.3 Å². The summed E-state index contributed by atoms with van der Waals surface area (Å²) in [6, 6.07) is 11.3. The molecule has 2 rings (SSSR count). The van der Waals surface area contributed by atoms with Crippen LogP contribution in [0.4, 0.5) is 15.8 Å². The summed E-state index contributed by atoms with van der Waals surface area (Å²) < 4.78 is 19.0. The summed E-state index contributed by atoms with van der Waals surface area (Å²) in [4.78, 5) is 12.8. The summed E-state index contributed by atoms with van der Waals surface area (Å²) in [6.07, 6.45) is 0. The Morgan fingerprint density at radius 3 is 2.45 bits per heavy atom. The van der Waals surface area contributed by atoms with E-state index in [1.807, 2.05) is 0 Å². The number of halogens is 1. The molecule has 5 heteroatoms. The molecule has 0 radical (unpaired) electrons. The second kappa shape index (κ2) is 5.61. The molecule has 0 aromatic heterocycles. The van der Waals surface area contributed by atoms with Gasteiger partial charge in [-0.25, -0.2) is 9.18 Å². The Morgan fingerprint density at radius 1 is 1.15 bits per heavy atom. The lowest BCUT2D eigenvalue weighted by Gasteiger charge is -2.23. The lowest BCUT2D eigenvalue weighted by Crippen LogP contribution is -2.16. The molecule has 0 bridgehead atoms. The van der Waals surface area contributed by atoms with Crippen LogP contribution in [-0.2, 0) is 0 Å². The molecule has 0 saturated heterocycles. The van der Waals surface area contributed by atoms with E-state index in [2.05, 4.69) is 0 Å². The Bertz CT molecular complexity index is 643. The number of carbonyl (C=O) groups is 1. The number of hydrogen-bond donors (Lipinski definition) is 1. The summed E-state index contributed by atoms with van der Waals surface area (Å²) in [5.74, 6) is -1.49. The van der Waals surface area contributed by atoms with Gasteiger partial charge in [0.05, 0.1) is 18.5 Å². The van der Waals surface area contributed by atoms with Gasteiger partial charge in [-0.3, -0.25) is 0 Å². The standard InChI is InChI=1S/C15H14FNO3/c1-17(11-7-3-4-9-13(11)20-2)12-8-5-6-10(16)14(12)15(18)19/h3-9H,1-2H3,(H,18,19). The molecule has 0 aliphatic carbocycles. The molecule has 0 unspecified atom stereocenters. The molecule has 0 saturated carbocycles. The number of para-hydroxylation sites is 2. The van der Waals surface area contributed by atoms with Crippen molar-refractivity contribution in [3.05, 3.63) is 53.8 Å². The zero-order chi connectivity index (χ0) is 14.7. The van der Waals surface area contributed by atoms with Crippen LogP contribution in [0.2, 0.25) is 0 Å². The van der Waals surface area contributed by atoms with Gasteiger partial charge in [0.1, 0.15) is 17.1 Å². The van der Waals surface area contributed by atoms with E-state index in [-0.39, 0.29) is 11.3 Å². The predicted octanol–water partition coefficient (Wildman–Crippen LogP) is 3.30. The number of carboxylic acid groups (broad SMARTS) is 1. The molecule has 0 fully saturated rings. The molecule has 20 heavy (non-hydrogen) atoms. The minimum absolute atomic E-state index is 0.266. The highest BCUT2D eigenvalue weighted by atomic mass is 19.1. The molecule has 1 N–H and O–H groups in total.